The van der Waals surface area contributed by atoms with Crippen molar-refractivity contribution in [1.29, 1.82) is 0 Å². The predicted octanol–water partition coefficient (Wildman–Crippen LogP) is 1.52. The molecule has 0 aliphatic carbocycles. The molecule has 0 aromatic rings. The fraction of sp³-hybridized carbons (Fsp3) is 0.714. The third kappa shape index (κ3) is 1.25. The van der Waals surface area contributed by atoms with Crippen LogP contribution in [0.25, 0.3) is 0 Å². The van der Waals surface area contributed by atoms with Gasteiger partial charge in [0.25, 0.3) is 0 Å². The Labute approximate surface area is 50.8 Å². The van der Waals surface area contributed by atoms with Crippen LogP contribution >= 0.6 is 0 Å². The number of nitrogens with one attached hydrogen (secondary N) is 1. The van der Waals surface area contributed by atoms with Crippen molar-refractivity contribution in [3.63, 3.8) is 0 Å². The Bertz CT molecular complexity index is 103. The maximum Gasteiger partial charge on any atom is 0.0149 e. The standard InChI is InChI=1S/C7H13N/c1-7(2)3-5-8-6-4-7/h3,5,8H,4,6H2,1-2H3. The summed E-state index contributed by atoms with van der Waals surface area (Å²) in [5, 5.41) is 3.16. The maximum absolute atomic E-state index is 3.16. The van der Waals surface area contributed by atoms with E-state index in [4.69, 9.17) is 0 Å². The van der Waals surface area contributed by atoms with Crippen LogP contribution in [0.3, 0.4) is 0 Å². The smallest absolute Gasteiger partial charge is 0.0149 e. The van der Waals surface area contributed by atoms with Gasteiger partial charge >= 0.3 is 0 Å². The molecule has 0 saturated heterocycles. The molecular formula is C7H13N. The highest BCUT2D eigenvalue weighted by atomic mass is 14.8. The Morgan fingerprint density at radius 2 is 2.25 bits per heavy atom. The zero-order valence-electron chi connectivity index (χ0n) is 5.57. The third-order valence-electron chi connectivity index (χ3n) is 1.57. The van der Waals surface area contributed by atoms with Gasteiger partial charge < -0.3 is 5.32 Å². The summed E-state index contributed by atoms with van der Waals surface area (Å²) in [6.07, 6.45) is 5.52. The molecule has 1 aliphatic rings. The van der Waals surface area contributed by atoms with Gasteiger partial charge in [0.05, 0.1) is 0 Å². The Balaban J connectivity index is 2.56. The van der Waals surface area contributed by atoms with E-state index in [-0.39, 0.29) is 0 Å². The van der Waals surface area contributed by atoms with Crippen molar-refractivity contribution in [3.05, 3.63) is 12.3 Å². The summed E-state index contributed by atoms with van der Waals surface area (Å²) in [6.45, 7) is 5.64. The van der Waals surface area contributed by atoms with Crippen LogP contribution in [-0.4, -0.2) is 6.54 Å². The largest absolute Gasteiger partial charge is 0.391 e. The predicted molar refractivity (Wildman–Crippen MR) is 35.5 cm³/mol. The van der Waals surface area contributed by atoms with E-state index in [1.807, 2.05) is 6.20 Å². The Morgan fingerprint density at radius 3 is 2.50 bits per heavy atom. The second kappa shape index (κ2) is 1.81. The van der Waals surface area contributed by atoms with E-state index in [9.17, 15) is 0 Å². The average Bonchev–Trinajstić information content (AvgIpc) is 1.65. The molecule has 1 rings (SSSR count). The quantitative estimate of drug-likeness (QED) is 0.499. The van der Waals surface area contributed by atoms with Gasteiger partial charge in [-0.15, -0.1) is 0 Å². The van der Waals surface area contributed by atoms with Gasteiger partial charge in [0.2, 0.25) is 0 Å². The minimum Gasteiger partial charge on any atom is -0.391 e. The zero-order chi connectivity index (χ0) is 6.04. The van der Waals surface area contributed by atoms with Crippen LogP contribution in [0.1, 0.15) is 20.3 Å². The Kier molecular flexibility index (Phi) is 1.28. The molecule has 1 nitrogen and oxygen atoms in total. The molecule has 0 radical (unpaired) electrons. The van der Waals surface area contributed by atoms with E-state index in [0.717, 1.165) is 6.54 Å². The van der Waals surface area contributed by atoms with E-state index in [1.54, 1.807) is 0 Å². The molecule has 46 valence electrons. The lowest BCUT2D eigenvalue weighted by atomic mass is 9.88. The van der Waals surface area contributed by atoms with Gasteiger partial charge in [-0.05, 0) is 18.0 Å². The lowest BCUT2D eigenvalue weighted by Gasteiger charge is -2.23. The number of hydrogen-bond donors (Lipinski definition) is 1. The summed E-state index contributed by atoms with van der Waals surface area (Å²) in [4.78, 5) is 0. The van der Waals surface area contributed by atoms with Gasteiger partial charge in [-0.2, -0.15) is 0 Å². The number of hydrogen-bond acceptors (Lipinski definition) is 1. The van der Waals surface area contributed by atoms with E-state index in [1.165, 1.54) is 6.42 Å². The highest BCUT2D eigenvalue weighted by Gasteiger charge is 2.14. The number of allylic oxidation sites excluding steroid dienone is 1. The molecule has 0 unspecified atom stereocenters. The molecule has 1 heterocycles. The average molecular weight is 111 g/mol. The highest BCUT2D eigenvalue weighted by molar-refractivity contribution is 4.97. The van der Waals surface area contributed by atoms with Crippen LogP contribution in [-0.2, 0) is 0 Å². The molecule has 0 amide bonds. The lowest BCUT2D eigenvalue weighted by molar-refractivity contribution is 0.412. The van der Waals surface area contributed by atoms with E-state index in [2.05, 4.69) is 25.2 Å². The van der Waals surface area contributed by atoms with Gasteiger partial charge in [0.1, 0.15) is 0 Å². The first-order valence-electron chi connectivity index (χ1n) is 3.12. The lowest BCUT2D eigenvalue weighted by Crippen LogP contribution is -2.22. The van der Waals surface area contributed by atoms with Crippen molar-refractivity contribution in [2.45, 2.75) is 20.3 Å². The molecule has 0 spiro atoms. The maximum atomic E-state index is 3.16. The van der Waals surface area contributed by atoms with Crippen molar-refractivity contribution in [3.8, 4) is 0 Å². The Morgan fingerprint density at radius 1 is 1.50 bits per heavy atom. The molecule has 1 heteroatoms. The molecule has 0 aromatic carbocycles. The molecule has 8 heavy (non-hydrogen) atoms. The zero-order valence-corrected chi connectivity index (χ0v) is 5.57. The normalized spacial score (nSPS) is 24.8. The molecule has 0 atom stereocenters. The molecule has 0 fully saturated rings. The van der Waals surface area contributed by atoms with E-state index in [0.29, 0.717) is 5.41 Å². The monoisotopic (exact) mass is 111 g/mol. The van der Waals surface area contributed by atoms with Crippen LogP contribution in [0.15, 0.2) is 12.3 Å². The van der Waals surface area contributed by atoms with Crippen LogP contribution in [0.2, 0.25) is 0 Å². The molecule has 1 aliphatic heterocycles. The van der Waals surface area contributed by atoms with E-state index < -0.39 is 0 Å². The second-order valence-electron chi connectivity index (χ2n) is 3.03. The first-order chi connectivity index (χ1) is 3.71. The van der Waals surface area contributed by atoms with E-state index >= 15 is 0 Å². The highest BCUT2D eigenvalue weighted by Crippen LogP contribution is 2.22. The fourth-order valence-corrected chi connectivity index (χ4v) is 0.846. The van der Waals surface area contributed by atoms with Gasteiger partial charge in [-0.25, -0.2) is 0 Å². The fourth-order valence-electron chi connectivity index (χ4n) is 0.846. The van der Waals surface area contributed by atoms with Crippen molar-refractivity contribution >= 4 is 0 Å². The van der Waals surface area contributed by atoms with Crippen molar-refractivity contribution in [1.82, 2.24) is 5.32 Å². The van der Waals surface area contributed by atoms with Crippen molar-refractivity contribution in [2.24, 2.45) is 5.41 Å². The second-order valence-corrected chi connectivity index (χ2v) is 3.03. The van der Waals surface area contributed by atoms with Gasteiger partial charge in [-0.3, -0.25) is 0 Å². The first kappa shape index (κ1) is 5.67. The summed E-state index contributed by atoms with van der Waals surface area (Å²) in [7, 11) is 0. The molecular weight excluding hydrogens is 98.1 g/mol. The Hall–Kier alpha value is -0.460. The third-order valence-corrected chi connectivity index (χ3v) is 1.57. The van der Waals surface area contributed by atoms with Gasteiger partial charge in [-0.1, -0.05) is 19.9 Å². The van der Waals surface area contributed by atoms with Gasteiger partial charge in [0.15, 0.2) is 0 Å². The van der Waals surface area contributed by atoms with Crippen LogP contribution in [0.5, 0.6) is 0 Å². The summed E-state index contributed by atoms with van der Waals surface area (Å²) in [6, 6.07) is 0. The first-order valence-corrected chi connectivity index (χ1v) is 3.12. The number of rotatable bonds is 0. The topological polar surface area (TPSA) is 12.0 Å². The summed E-state index contributed by atoms with van der Waals surface area (Å²) >= 11 is 0. The minimum atomic E-state index is 0.436. The summed E-state index contributed by atoms with van der Waals surface area (Å²) < 4.78 is 0. The van der Waals surface area contributed by atoms with Crippen LogP contribution in [0, 0.1) is 5.41 Å². The van der Waals surface area contributed by atoms with Gasteiger partial charge in [0, 0.05) is 6.54 Å². The summed E-state index contributed by atoms with van der Waals surface area (Å²) in [5.41, 5.74) is 0.436. The molecule has 0 saturated carbocycles. The van der Waals surface area contributed by atoms with Crippen molar-refractivity contribution < 1.29 is 0 Å². The summed E-state index contributed by atoms with van der Waals surface area (Å²) in [5.74, 6) is 0. The molecule has 0 aromatic heterocycles. The molecule has 0 bridgehead atoms. The van der Waals surface area contributed by atoms with Crippen molar-refractivity contribution in [2.75, 3.05) is 6.54 Å². The van der Waals surface area contributed by atoms with Crippen LogP contribution < -0.4 is 5.32 Å². The molecule has 1 N–H and O–H groups in total. The van der Waals surface area contributed by atoms with Crippen LogP contribution in [0.4, 0.5) is 0 Å². The minimum absolute atomic E-state index is 0.436. The SMILES string of the molecule is CC1(C)C=CNCC1.